The molecule has 3 aromatic rings. The Morgan fingerprint density at radius 3 is 2.26 bits per heavy atom. The molecule has 0 saturated carbocycles. The average molecular weight is 364 g/mol. The molecule has 0 bridgehead atoms. The molecule has 0 fully saturated rings. The third-order valence-corrected chi connectivity index (χ3v) is 3.82. The first-order valence-corrected chi connectivity index (χ1v) is 8.11. The third-order valence-electron chi connectivity index (χ3n) is 3.82. The summed E-state index contributed by atoms with van der Waals surface area (Å²) in [7, 11) is 0. The van der Waals surface area contributed by atoms with Gasteiger partial charge in [-0.25, -0.2) is 4.79 Å². The molecule has 7 nitrogen and oxygen atoms in total. The van der Waals surface area contributed by atoms with Gasteiger partial charge in [-0.15, -0.1) is 0 Å². The van der Waals surface area contributed by atoms with Crippen LogP contribution in [0.15, 0.2) is 72.8 Å². The van der Waals surface area contributed by atoms with Gasteiger partial charge in [-0.05, 0) is 17.7 Å². The van der Waals surface area contributed by atoms with Crippen molar-refractivity contribution in [2.75, 3.05) is 5.32 Å². The van der Waals surface area contributed by atoms with E-state index in [4.69, 9.17) is 4.74 Å². The van der Waals surface area contributed by atoms with Crippen LogP contribution in [0.4, 0.5) is 11.4 Å². The number of carboxylic acids is 1. The summed E-state index contributed by atoms with van der Waals surface area (Å²) in [6.45, 7) is 0.365. The topological polar surface area (TPSA) is 102 Å². The minimum atomic E-state index is -1.26. The van der Waals surface area contributed by atoms with Gasteiger partial charge < -0.3 is 15.2 Å². The lowest BCUT2D eigenvalue weighted by Gasteiger charge is -2.13. The SMILES string of the molecule is O=C(O)c1cc([N+](=O)[O-])c(Oc2ccccc2)cc1NCc1ccccc1. The lowest BCUT2D eigenvalue weighted by molar-refractivity contribution is -0.385. The Morgan fingerprint density at radius 1 is 1.04 bits per heavy atom. The van der Waals surface area contributed by atoms with Crippen LogP contribution in [0, 0.1) is 10.1 Å². The van der Waals surface area contributed by atoms with Gasteiger partial charge in [0.2, 0.25) is 5.75 Å². The highest BCUT2D eigenvalue weighted by Gasteiger charge is 2.23. The summed E-state index contributed by atoms with van der Waals surface area (Å²) in [6, 6.07) is 20.3. The Kier molecular flexibility index (Phi) is 5.32. The molecule has 7 heteroatoms. The van der Waals surface area contributed by atoms with E-state index in [-0.39, 0.29) is 17.0 Å². The number of nitrogens with one attached hydrogen (secondary N) is 1. The first-order valence-electron chi connectivity index (χ1n) is 8.11. The zero-order valence-electron chi connectivity index (χ0n) is 14.2. The second-order valence-electron chi connectivity index (χ2n) is 5.68. The minimum absolute atomic E-state index is 0.0354. The second kappa shape index (κ2) is 8.01. The van der Waals surface area contributed by atoms with Crippen LogP contribution in [0.3, 0.4) is 0 Å². The van der Waals surface area contributed by atoms with Crippen LogP contribution in [0.1, 0.15) is 15.9 Å². The van der Waals surface area contributed by atoms with Crippen molar-refractivity contribution < 1.29 is 19.6 Å². The average Bonchev–Trinajstić information content (AvgIpc) is 2.67. The first-order chi connectivity index (χ1) is 13.0. The van der Waals surface area contributed by atoms with E-state index in [2.05, 4.69) is 5.32 Å². The van der Waals surface area contributed by atoms with Crippen molar-refractivity contribution >= 4 is 17.3 Å². The van der Waals surface area contributed by atoms with Gasteiger partial charge in [0.15, 0.2) is 0 Å². The third kappa shape index (κ3) is 4.40. The molecule has 27 heavy (non-hydrogen) atoms. The lowest BCUT2D eigenvalue weighted by atomic mass is 10.1. The molecule has 0 heterocycles. The van der Waals surface area contributed by atoms with Crippen LogP contribution in [-0.2, 0) is 6.54 Å². The maximum atomic E-state index is 11.6. The largest absolute Gasteiger partial charge is 0.478 e. The summed E-state index contributed by atoms with van der Waals surface area (Å²) in [5.74, 6) is -0.885. The number of carboxylic acid groups (broad SMARTS) is 1. The van der Waals surface area contributed by atoms with E-state index in [0.717, 1.165) is 11.6 Å². The van der Waals surface area contributed by atoms with E-state index < -0.39 is 16.6 Å². The fourth-order valence-corrected chi connectivity index (χ4v) is 2.52. The maximum absolute atomic E-state index is 11.6. The molecule has 0 aliphatic rings. The van der Waals surface area contributed by atoms with E-state index in [1.54, 1.807) is 30.3 Å². The summed E-state index contributed by atoms with van der Waals surface area (Å²) in [4.78, 5) is 22.3. The first kappa shape index (κ1) is 17.9. The van der Waals surface area contributed by atoms with Crippen LogP contribution in [0.2, 0.25) is 0 Å². The Labute approximate surface area is 155 Å². The van der Waals surface area contributed by atoms with Gasteiger partial charge in [-0.2, -0.15) is 0 Å². The normalized spacial score (nSPS) is 10.2. The summed E-state index contributed by atoms with van der Waals surface area (Å²) >= 11 is 0. The fraction of sp³-hybridized carbons (Fsp3) is 0.0500. The molecule has 0 spiro atoms. The number of nitro groups is 1. The molecular formula is C20H16N2O5. The van der Waals surface area contributed by atoms with Crippen LogP contribution in [-0.4, -0.2) is 16.0 Å². The Bertz CT molecular complexity index is 959. The number of carbonyl (C=O) groups is 1. The number of anilines is 1. The molecule has 136 valence electrons. The maximum Gasteiger partial charge on any atom is 0.338 e. The van der Waals surface area contributed by atoms with E-state index in [0.29, 0.717) is 12.3 Å². The van der Waals surface area contributed by atoms with Crippen molar-refractivity contribution in [2.45, 2.75) is 6.54 Å². The van der Waals surface area contributed by atoms with Gasteiger partial charge >= 0.3 is 11.7 Å². The summed E-state index contributed by atoms with van der Waals surface area (Å²) in [6.07, 6.45) is 0. The van der Waals surface area contributed by atoms with Crippen molar-refractivity contribution in [3.05, 3.63) is 94.0 Å². The van der Waals surface area contributed by atoms with E-state index in [9.17, 15) is 20.0 Å². The molecule has 3 rings (SSSR count). The molecule has 3 aromatic carbocycles. The van der Waals surface area contributed by atoms with Crippen molar-refractivity contribution in [3.63, 3.8) is 0 Å². The number of para-hydroxylation sites is 1. The number of nitrogens with zero attached hydrogens (tertiary/aromatic N) is 1. The minimum Gasteiger partial charge on any atom is -0.478 e. The molecule has 0 atom stereocenters. The monoisotopic (exact) mass is 364 g/mol. The van der Waals surface area contributed by atoms with Crippen molar-refractivity contribution in [1.82, 2.24) is 0 Å². The van der Waals surface area contributed by atoms with E-state index in [1.807, 2.05) is 30.3 Å². The smallest absolute Gasteiger partial charge is 0.338 e. The molecule has 2 N–H and O–H groups in total. The van der Waals surface area contributed by atoms with Crippen LogP contribution < -0.4 is 10.1 Å². The molecule has 0 aromatic heterocycles. The molecule has 0 saturated heterocycles. The quantitative estimate of drug-likeness (QED) is 0.465. The van der Waals surface area contributed by atoms with Gasteiger partial charge in [-0.3, -0.25) is 10.1 Å². The van der Waals surface area contributed by atoms with Gasteiger partial charge in [0.1, 0.15) is 5.75 Å². The van der Waals surface area contributed by atoms with Crippen molar-refractivity contribution in [2.24, 2.45) is 0 Å². The highest BCUT2D eigenvalue weighted by molar-refractivity contribution is 5.96. The lowest BCUT2D eigenvalue weighted by Crippen LogP contribution is -2.08. The van der Waals surface area contributed by atoms with E-state index in [1.165, 1.54) is 6.07 Å². The molecule has 0 radical (unpaired) electrons. The van der Waals surface area contributed by atoms with Gasteiger partial charge in [0.25, 0.3) is 0 Å². The molecule has 0 amide bonds. The highest BCUT2D eigenvalue weighted by Crippen LogP contribution is 2.36. The second-order valence-corrected chi connectivity index (χ2v) is 5.68. The van der Waals surface area contributed by atoms with Gasteiger partial charge in [0.05, 0.1) is 16.2 Å². The number of ether oxygens (including phenoxy) is 1. The Balaban J connectivity index is 1.98. The van der Waals surface area contributed by atoms with Gasteiger partial charge in [-0.1, -0.05) is 48.5 Å². The highest BCUT2D eigenvalue weighted by atomic mass is 16.6. The van der Waals surface area contributed by atoms with Crippen LogP contribution in [0.25, 0.3) is 0 Å². The van der Waals surface area contributed by atoms with Crippen molar-refractivity contribution in [1.29, 1.82) is 0 Å². The summed E-state index contributed by atoms with van der Waals surface area (Å²) in [5.41, 5.74) is 0.570. The predicted molar refractivity (Wildman–Crippen MR) is 100 cm³/mol. The number of hydrogen-bond donors (Lipinski definition) is 2. The zero-order valence-corrected chi connectivity index (χ0v) is 14.2. The summed E-state index contributed by atoms with van der Waals surface area (Å²) < 4.78 is 5.62. The Hall–Kier alpha value is -3.87. The van der Waals surface area contributed by atoms with Crippen LogP contribution >= 0.6 is 0 Å². The Morgan fingerprint density at radius 2 is 1.67 bits per heavy atom. The van der Waals surface area contributed by atoms with Crippen LogP contribution in [0.5, 0.6) is 11.5 Å². The molecule has 0 aliphatic carbocycles. The fourth-order valence-electron chi connectivity index (χ4n) is 2.52. The molecular weight excluding hydrogens is 348 g/mol. The predicted octanol–water partition coefficient (Wildman–Crippen LogP) is 4.70. The molecule has 0 unspecified atom stereocenters. The standard InChI is InChI=1S/C20H16N2O5/c23-20(24)16-11-18(22(25)26)19(27-15-9-5-2-6-10-15)12-17(16)21-13-14-7-3-1-4-8-14/h1-12,21H,13H2,(H,23,24). The number of rotatable bonds is 7. The summed E-state index contributed by atoms with van der Waals surface area (Å²) in [5, 5.41) is 23.9. The molecule has 0 aliphatic heterocycles. The van der Waals surface area contributed by atoms with Crippen molar-refractivity contribution in [3.8, 4) is 11.5 Å². The van der Waals surface area contributed by atoms with E-state index >= 15 is 0 Å². The number of aromatic carboxylic acids is 1. The van der Waals surface area contributed by atoms with Gasteiger partial charge in [0, 0.05) is 18.7 Å². The number of benzene rings is 3. The number of nitro benzene ring substituents is 1. The number of hydrogen-bond acceptors (Lipinski definition) is 5. The zero-order chi connectivity index (χ0) is 19.2.